The van der Waals surface area contributed by atoms with Gasteiger partial charge in [0, 0.05) is 12.1 Å². The van der Waals surface area contributed by atoms with Gasteiger partial charge in [0.1, 0.15) is 0 Å². The maximum absolute atomic E-state index is 11.8. The highest BCUT2D eigenvalue weighted by Crippen LogP contribution is 2.05. The summed E-state index contributed by atoms with van der Waals surface area (Å²) in [6.45, 7) is 3.55. The lowest BCUT2D eigenvalue weighted by atomic mass is 10.1. The van der Waals surface area contributed by atoms with Gasteiger partial charge in [-0.2, -0.15) is 0 Å². The van der Waals surface area contributed by atoms with Gasteiger partial charge in [-0.1, -0.05) is 30.3 Å². The zero-order valence-electron chi connectivity index (χ0n) is 11.4. The van der Waals surface area contributed by atoms with Crippen LogP contribution in [0.1, 0.15) is 18.9 Å². The van der Waals surface area contributed by atoms with Gasteiger partial charge in [0.25, 0.3) is 0 Å². The summed E-state index contributed by atoms with van der Waals surface area (Å²) in [4.78, 5) is 13.9. The topological polar surface area (TPSA) is 32.3 Å². The standard InChI is InChI=1S/C15H22N2O/c1-13(12-14-8-5-4-6-9-14)15(18)16-10-7-11-17(2)3/h4-6,8-9,12H,7,10-11H2,1-3H3,(H,16,18). The molecule has 0 radical (unpaired) electrons. The van der Waals surface area contributed by atoms with Gasteiger partial charge in [0.2, 0.25) is 5.91 Å². The van der Waals surface area contributed by atoms with Gasteiger partial charge < -0.3 is 10.2 Å². The van der Waals surface area contributed by atoms with E-state index in [0.29, 0.717) is 0 Å². The van der Waals surface area contributed by atoms with Gasteiger partial charge in [-0.05, 0) is 45.6 Å². The highest BCUT2D eigenvalue weighted by molar-refractivity contribution is 5.97. The maximum atomic E-state index is 11.8. The van der Waals surface area contributed by atoms with Crippen LogP contribution in [0.4, 0.5) is 0 Å². The fourth-order valence-electron chi connectivity index (χ4n) is 1.60. The predicted molar refractivity (Wildman–Crippen MR) is 76.3 cm³/mol. The molecule has 1 aromatic carbocycles. The molecule has 0 unspecified atom stereocenters. The van der Waals surface area contributed by atoms with Crippen LogP contribution < -0.4 is 5.32 Å². The molecule has 0 bridgehead atoms. The molecule has 0 saturated heterocycles. The fourth-order valence-corrected chi connectivity index (χ4v) is 1.60. The Balaban J connectivity index is 2.40. The molecular weight excluding hydrogens is 224 g/mol. The Morgan fingerprint density at radius 1 is 1.28 bits per heavy atom. The molecule has 98 valence electrons. The van der Waals surface area contributed by atoms with E-state index in [4.69, 9.17) is 0 Å². The number of amides is 1. The van der Waals surface area contributed by atoms with Crippen molar-refractivity contribution in [3.8, 4) is 0 Å². The van der Waals surface area contributed by atoms with Crippen molar-refractivity contribution in [1.29, 1.82) is 0 Å². The molecule has 0 atom stereocenters. The van der Waals surface area contributed by atoms with Crippen LogP contribution in [0.15, 0.2) is 35.9 Å². The summed E-state index contributed by atoms with van der Waals surface area (Å²) >= 11 is 0. The summed E-state index contributed by atoms with van der Waals surface area (Å²) in [6, 6.07) is 9.88. The largest absolute Gasteiger partial charge is 0.352 e. The van der Waals surface area contributed by atoms with Crippen LogP contribution in [-0.2, 0) is 4.79 Å². The lowest BCUT2D eigenvalue weighted by molar-refractivity contribution is -0.117. The van der Waals surface area contributed by atoms with Crippen LogP contribution in [0.5, 0.6) is 0 Å². The number of nitrogens with zero attached hydrogens (tertiary/aromatic N) is 1. The molecule has 3 heteroatoms. The highest BCUT2D eigenvalue weighted by atomic mass is 16.1. The zero-order valence-corrected chi connectivity index (χ0v) is 11.4. The Morgan fingerprint density at radius 2 is 1.94 bits per heavy atom. The number of nitrogens with one attached hydrogen (secondary N) is 1. The molecular formula is C15H22N2O. The van der Waals surface area contributed by atoms with Gasteiger partial charge in [0.15, 0.2) is 0 Å². The second kappa shape index (κ2) is 7.67. The quantitative estimate of drug-likeness (QED) is 0.616. The van der Waals surface area contributed by atoms with E-state index >= 15 is 0 Å². The van der Waals surface area contributed by atoms with E-state index in [1.54, 1.807) is 0 Å². The smallest absolute Gasteiger partial charge is 0.246 e. The Hall–Kier alpha value is -1.61. The molecule has 0 heterocycles. The van der Waals surface area contributed by atoms with Crippen molar-refractivity contribution < 1.29 is 4.79 Å². The van der Waals surface area contributed by atoms with Crippen LogP contribution in [0, 0.1) is 0 Å². The molecule has 1 N–H and O–H groups in total. The number of carbonyl (C=O) groups is 1. The van der Waals surface area contributed by atoms with Crippen LogP contribution in [-0.4, -0.2) is 38.0 Å². The average Bonchev–Trinajstić information content (AvgIpc) is 2.35. The van der Waals surface area contributed by atoms with Crippen molar-refractivity contribution in [2.24, 2.45) is 0 Å². The summed E-state index contributed by atoms with van der Waals surface area (Å²) in [7, 11) is 4.06. The van der Waals surface area contributed by atoms with Gasteiger partial charge in [0.05, 0.1) is 0 Å². The van der Waals surface area contributed by atoms with Crippen LogP contribution in [0.25, 0.3) is 6.08 Å². The lowest BCUT2D eigenvalue weighted by Gasteiger charge is -2.10. The highest BCUT2D eigenvalue weighted by Gasteiger charge is 2.03. The van der Waals surface area contributed by atoms with Crippen molar-refractivity contribution in [2.75, 3.05) is 27.2 Å². The first-order valence-corrected chi connectivity index (χ1v) is 6.26. The van der Waals surface area contributed by atoms with Gasteiger partial charge in [-0.15, -0.1) is 0 Å². The molecule has 0 saturated carbocycles. The lowest BCUT2D eigenvalue weighted by Crippen LogP contribution is -2.27. The number of hydrogen-bond acceptors (Lipinski definition) is 2. The van der Waals surface area contributed by atoms with Crippen LogP contribution in [0.3, 0.4) is 0 Å². The molecule has 0 aliphatic heterocycles. The van der Waals surface area contributed by atoms with Gasteiger partial charge in [-0.25, -0.2) is 0 Å². The molecule has 1 aromatic rings. The van der Waals surface area contributed by atoms with Crippen molar-refractivity contribution >= 4 is 12.0 Å². The summed E-state index contributed by atoms with van der Waals surface area (Å²) in [5.74, 6) is 0.0117. The first kappa shape index (κ1) is 14.5. The van der Waals surface area contributed by atoms with E-state index in [1.165, 1.54) is 0 Å². The molecule has 0 aliphatic rings. The van der Waals surface area contributed by atoms with Crippen molar-refractivity contribution in [3.05, 3.63) is 41.5 Å². The monoisotopic (exact) mass is 246 g/mol. The number of rotatable bonds is 6. The third-order valence-electron chi connectivity index (χ3n) is 2.61. The van der Waals surface area contributed by atoms with Gasteiger partial charge >= 0.3 is 0 Å². The van der Waals surface area contributed by atoms with Crippen LogP contribution >= 0.6 is 0 Å². The summed E-state index contributed by atoms with van der Waals surface area (Å²) in [5.41, 5.74) is 1.80. The van der Waals surface area contributed by atoms with Crippen molar-refractivity contribution in [2.45, 2.75) is 13.3 Å². The Morgan fingerprint density at radius 3 is 2.56 bits per heavy atom. The van der Waals surface area contributed by atoms with E-state index in [0.717, 1.165) is 30.6 Å². The van der Waals surface area contributed by atoms with E-state index < -0.39 is 0 Å². The first-order valence-electron chi connectivity index (χ1n) is 6.26. The van der Waals surface area contributed by atoms with E-state index in [2.05, 4.69) is 10.2 Å². The Labute approximate surface area is 109 Å². The molecule has 0 aliphatic carbocycles. The minimum Gasteiger partial charge on any atom is -0.352 e. The molecule has 0 spiro atoms. The minimum absolute atomic E-state index is 0.0117. The molecule has 0 aromatic heterocycles. The normalized spacial score (nSPS) is 11.7. The Kier molecular flexibility index (Phi) is 6.15. The fraction of sp³-hybridized carbons (Fsp3) is 0.400. The molecule has 3 nitrogen and oxygen atoms in total. The van der Waals surface area contributed by atoms with Crippen LogP contribution in [0.2, 0.25) is 0 Å². The van der Waals surface area contributed by atoms with Crippen molar-refractivity contribution in [3.63, 3.8) is 0 Å². The van der Waals surface area contributed by atoms with Gasteiger partial charge in [-0.3, -0.25) is 4.79 Å². The van der Waals surface area contributed by atoms with E-state index in [-0.39, 0.29) is 5.91 Å². The first-order chi connectivity index (χ1) is 8.59. The average molecular weight is 246 g/mol. The number of carbonyl (C=O) groups excluding carboxylic acids is 1. The zero-order chi connectivity index (χ0) is 13.4. The van der Waals surface area contributed by atoms with Crippen molar-refractivity contribution in [1.82, 2.24) is 10.2 Å². The third-order valence-corrected chi connectivity index (χ3v) is 2.61. The second-order valence-corrected chi connectivity index (χ2v) is 4.65. The predicted octanol–water partition coefficient (Wildman–Crippen LogP) is 2.16. The van der Waals surface area contributed by atoms with E-state index in [9.17, 15) is 4.79 Å². The number of benzene rings is 1. The molecule has 1 rings (SSSR count). The molecule has 1 amide bonds. The molecule has 18 heavy (non-hydrogen) atoms. The summed E-state index contributed by atoms with van der Waals surface area (Å²) in [5, 5.41) is 2.92. The SMILES string of the molecule is CC(=Cc1ccccc1)C(=O)NCCCN(C)C. The third kappa shape index (κ3) is 5.64. The summed E-state index contributed by atoms with van der Waals surface area (Å²) in [6.07, 6.45) is 2.87. The molecule has 0 fully saturated rings. The minimum atomic E-state index is 0.0117. The Bertz CT molecular complexity index is 396. The van der Waals surface area contributed by atoms with E-state index in [1.807, 2.05) is 57.4 Å². The number of hydrogen-bond donors (Lipinski definition) is 1. The maximum Gasteiger partial charge on any atom is 0.246 e. The summed E-state index contributed by atoms with van der Waals surface area (Å²) < 4.78 is 0. The second-order valence-electron chi connectivity index (χ2n) is 4.65.